The number of hydrogen-bond donors (Lipinski definition) is 0. The van der Waals surface area contributed by atoms with Gasteiger partial charge in [-0.2, -0.15) is 8.42 Å². The van der Waals surface area contributed by atoms with Crippen molar-refractivity contribution in [3.05, 3.63) is 109 Å². The minimum atomic E-state index is -4.08. The Kier molecular flexibility index (Phi) is 11.5. The van der Waals surface area contributed by atoms with Gasteiger partial charge in [0.1, 0.15) is 12.2 Å². The molecule has 0 spiro atoms. The van der Waals surface area contributed by atoms with E-state index in [0.717, 1.165) is 33.0 Å². The summed E-state index contributed by atoms with van der Waals surface area (Å²) < 4.78 is 63.1. The number of esters is 2. The molecule has 1 unspecified atom stereocenters. The van der Waals surface area contributed by atoms with Crippen molar-refractivity contribution in [3.63, 3.8) is 0 Å². The molecule has 51 heavy (non-hydrogen) atoms. The van der Waals surface area contributed by atoms with Crippen LogP contribution in [0.3, 0.4) is 0 Å². The Morgan fingerprint density at radius 1 is 0.824 bits per heavy atom. The summed E-state index contributed by atoms with van der Waals surface area (Å²) in [5, 5.41) is 3.50. The molecule has 0 aromatic heterocycles. The van der Waals surface area contributed by atoms with Crippen molar-refractivity contribution in [2.45, 2.75) is 83.4 Å². The molecule has 10 nitrogen and oxygen atoms in total. The quantitative estimate of drug-likeness (QED) is 0.102. The van der Waals surface area contributed by atoms with E-state index in [0.29, 0.717) is 0 Å². The van der Waals surface area contributed by atoms with Crippen LogP contribution in [0.1, 0.15) is 47.1 Å². The standard InChI is InChI=1S/C39H46O10SSi/c1-27(49-50(7,42)43)39(26-45-51(38(4,5)6,33-18-10-8-11-19-33)34-20-12-9-13-21-34)36(35(46-28(2)40)37(48-39)47-29(3)41)44-25-30-22-23-31-16-14-15-17-32(31)24-30/h8-24,27,35-37H,25-26H2,1-7H3/t27-,35+,36-,37?,39-/m0/s1. The fraction of sp³-hybridized carbons (Fsp3) is 0.385. The smallest absolute Gasteiger partial charge is 0.305 e. The van der Waals surface area contributed by atoms with Crippen LogP contribution in [0, 0.1) is 0 Å². The predicted octanol–water partition coefficient (Wildman–Crippen LogP) is 5.26. The molecule has 0 saturated carbocycles. The molecular weight excluding hydrogens is 689 g/mol. The molecule has 1 aliphatic heterocycles. The van der Waals surface area contributed by atoms with Crippen molar-refractivity contribution >= 4 is 51.5 Å². The van der Waals surface area contributed by atoms with Gasteiger partial charge in [-0.1, -0.05) is 118 Å². The molecule has 12 heteroatoms. The zero-order valence-electron chi connectivity index (χ0n) is 30.0. The van der Waals surface area contributed by atoms with Crippen molar-refractivity contribution < 1.29 is 45.6 Å². The van der Waals surface area contributed by atoms with Gasteiger partial charge >= 0.3 is 11.9 Å². The van der Waals surface area contributed by atoms with Gasteiger partial charge < -0.3 is 23.4 Å². The van der Waals surface area contributed by atoms with Crippen LogP contribution in [0.2, 0.25) is 5.04 Å². The Morgan fingerprint density at radius 3 is 1.90 bits per heavy atom. The maximum atomic E-state index is 12.8. The molecule has 272 valence electrons. The van der Waals surface area contributed by atoms with Crippen LogP contribution in [0.25, 0.3) is 10.8 Å². The molecule has 1 fully saturated rings. The van der Waals surface area contributed by atoms with Crippen LogP contribution in [0.4, 0.5) is 0 Å². The van der Waals surface area contributed by atoms with E-state index in [2.05, 4.69) is 20.8 Å². The van der Waals surface area contributed by atoms with Gasteiger partial charge in [0.25, 0.3) is 18.4 Å². The third-order valence-corrected chi connectivity index (χ3v) is 14.8. The van der Waals surface area contributed by atoms with E-state index in [9.17, 15) is 18.0 Å². The van der Waals surface area contributed by atoms with Crippen molar-refractivity contribution in [3.8, 4) is 0 Å². The van der Waals surface area contributed by atoms with Crippen LogP contribution < -0.4 is 10.4 Å². The summed E-state index contributed by atoms with van der Waals surface area (Å²) in [5.41, 5.74) is -0.988. The first-order valence-corrected chi connectivity index (χ1v) is 20.5. The minimum Gasteiger partial charge on any atom is -0.453 e. The topological polar surface area (TPSA) is 124 Å². The molecule has 0 radical (unpaired) electrons. The molecule has 5 rings (SSSR count). The molecule has 1 saturated heterocycles. The fourth-order valence-electron chi connectivity index (χ4n) is 6.97. The van der Waals surface area contributed by atoms with E-state index in [1.165, 1.54) is 20.8 Å². The SMILES string of the molecule is CC(=O)OC1O[C@@](CO[Si](c2ccccc2)(c2ccccc2)C(C)(C)C)([C@H](C)OS(C)(=O)=O)[C@@H](OCc2ccc3ccccc3c2)[C@H]1OC(C)=O. The summed E-state index contributed by atoms with van der Waals surface area (Å²) >= 11 is 0. The number of ether oxygens (including phenoxy) is 4. The highest BCUT2D eigenvalue weighted by Crippen LogP contribution is 2.44. The molecule has 1 aliphatic rings. The lowest BCUT2D eigenvalue weighted by atomic mass is 9.90. The molecule has 1 heterocycles. The Labute approximate surface area is 301 Å². The van der Waals surface area contributed by atoms with E-state index in [1.54, 1.807) is 0 Å². The molecule has 0 N–H and O–H groups in total. The van der Waals surface area contributed by atoms with Crippen molar-refractivity contribution in [2.24, 2.45) is 0 Å². The first-order chi connectivity index (χ1) is 24.1. The number of hydrogen-bond acceptors (Lipinski definition) is 10. The Hall–Kier alpha value is -3.91. The summed E-state index contributed by atoms with van der Waals surface area (Å²) in [6.07, 6.45) is -4.34. The van der Waals surface area contributed by atoms with Gasteiger partial charge in [-0.3, -0.25) is 13.8 Å². The molecule has 0 amide bonds. The van der Waals surface area contributed by atoms with Gasteiger partial charge in [-0.15, -0.1) is 0 Å². The molecule has 5 atom stereocenters. The van der Waals surface area contributed by atoms with Crippen molar-refractivity contribution in [2.75, 3.05) is 12.9 Å². The van der Waals surface area contributed by atoms with Gasteiger partial charge in [-0.25, -0.2) is 0 Å². The summed E-state index contributed by atoms with van der Waals surface area (Å²) in [6, 6.07) is 33.5. The second-order valence-corrected chi connectivity index (χ2v) is 19.8. The summed E-state index contributed by atoms with van der Waals surface area (Å²) in [5.74, 6) is -1.38. The van der Waals surface area contributed by atoms with Crippen LogP contribution in [-0.2, 0) is 53.9 Å². The minimum absolute atomic E-state index is 0.00990. The fourth-order valence-corrected chi connectivity index (χ4v) is 12.3. The third-order valence-electron chi connectivity index (χ3n) is 9.15. The van der Waals surface area contributed by atoms with Gasteiger partial charge in [0.2, 0.25) is 6.29 Å². The molecule has 0 bridgehead atoms. The number of benzene rings is 4. The summed E-state index contributed by atoms with van der Waals surface area (Å²) in [6.45, 7) is 10.0. The third kappa shape index (κ3) is 8.43. The first-order valence-electron chi connectivity index (χ1n) is 16.8. The number of fused-ring (bicyclic) bond motifs is 1. The lowest BCUT2D eigenvalue weighted by Crippen LogP contribution is -2.69. The summed E-state index contributed by atoms with van der Waals surface area (Å²) in [7, 11) is -7.36. The van der Waals surface area contributed by atoms with Crippen LogP contribution >= 0.6 is 0 Å². The molecular formula is C39H46O10SSi. The highest BCUT2D eigenvalue weighted by atomic mass is 32.2. The maximum absolute atomic E-state index is 12.8. The first kappa shape index (κ1) is 38.3. The number of rotatable bonds is 13. The maximum Gasteiger partial charge on any atom is 0.305 e. The molecule has 4 aromatic rings. The Morgan fingerprint density at radius 2 is 1.37 bits per heavy atom. The van der Waals surface area contributed by atoms with Crippen LogP contribution in [-0.4, -0.2) is 71.7 Å². The zero-order valence-corrected chi connectivity index (χ0v) is 31.8. The average Bonchev–Trinajstić information content (AvgIpc) is 3.34. The van der Waals surface area contributed by atoms with Crippen LogP contribution in [0.5, 0.6) is 0 Å². The van der Waals surface area contributed by atoms with E-state index in [-0.39, 0.29) is 13.2 Å². The predicted molar refractivity (Wildman–Crippen MR) is 196 cm³/mol. The average molecular weight is 735 g/mol. The normalized spacial score (nSPS) is 21.7. The second kappa shape index (κ2) is 15.4. The van der Waals surface area contributed by atoms with Gasteiger partial charge in [0, 0.05) is 13.8 Å². The summed E-state index contributed by atoms with van der Waals surface area (Å²) in [4.78, 5) is 25.0. The van der Waals surface area contributed by atoms with E-state index < -0.39 is 65.6 Å². The van der Waals surface area contributed by atoms with Crippen molar-refractivity contribution in [1.82, 2.24) is 0 Å². The van der Waals surface area contributed by atoms with Gasteiger partial charge in [0.15, 0.2) is 11.7 Å². The van der Waals surface area contributed by atoms with E-state index >= 15 is 0 Å². The van der Waals surface area contributed by atoms with Gasteiger partial charge in [0.05, 0.1) is 19.5 Å². The highest BCUT2D eigenvalue weighted by molar-refractivity contribution is 7.86. The monoisotopic (exact) mass is 734 g/mol. The van der Waals surface area contributed by atoms with E-state index in [4.69, 9.17) is 27.6 Å². The molecule has 0 aliphatic carbocycles. The molecule has 4 aromatic carbocycles. The zero-order chi connectivity index (χ0) is 37.0. The van der Waals surface area contributed by atoms with Crippen LogP contribution in [0.15, 0.2) is 103 Å². The number of carbonyl (C=O) groups is 2. The van der Waals surface area contributed by atoms with Crippen molar-refractivity contribution in [1.29, 1.82) is 0 Å². The second-order valence-electron chi connectivity index (χ2n) is 13.9. The highest BCUT2D eigenvalue weighted by Gasteiger charge is 2.64. The van der Waals surface area contributed by atoms with E-state index in [1.807, 2.05) is 103 Å². The largest absolute Gasteiger partial charge is 0.453 e. The Bertz CT molecular complexity index is 1890. The lowest BCUT2D eigenvalue weighted by Gasteiger charge is -2.46. The number of carbonyl (C=O) groups excluding carboxylic acids is 2. The Balaban J connectivity index is 1.68. The van der Waals surface area contributed by atoms with Gasteiger partial charge in [-0.05, 0) is 44.7 Å². The lowest BCUT2D eigenvalue weighted by molar-refractivity contribution is -0.222.